The zero-order valence-electron chi connectivity index (χ0n) is 15.7. The van der Waals surface area contributed by atoms with Crippen molar-refractivity contribution in [1.29, 1.82) is 0 Å². The monoisotopic (exact) mass is 374 g/mol. The van der Waals surface area contributed by atoms with Gasteiger partial charge in [0, 0.05) is 17.8 Å². The molecule has 0 spiro atoms. The van der Waals surface area contributed by atoms with Crippen LogP contribution >= 0.6 is 0 Å². The number of aryl methyl sites for hydroxylation is 1. The Hall–Kier alpha value is -2.18. The van der Waals surface area contributed by atoms with Gasteiger partial charge in [0.05, 0.1) is 4.90 Å². The summed E-state index contributed by atoms with van der Waals surface area (Å²) in [5, 5.41) is 2.94. The molecule has 2 aromatic rings. The van der Waals surface area contributed by atoms with Gasteiger partial charge in [0.25, 0.3) is 5.91 Å². The Kier molecular flexibility index (Phi) is 6.56. The first-order valence-electron chi connectivity index (χ1n) is 8.77. The number of rotatable bonds is 7. The molecule has 0 unspecified atom stereocenters. The Morgan fingerprint density at radius 2 is 1.81 bits per heavy atom. The van der Waals surface area contributed by atoms with Crippen molar-refractivity contribution >= 4 is 21.6 Å². The lowest BCUT2D eigenvalue weighted by atomic mass is 9.98. The first-order valence-corrected chi connectivity index (χ1v) is 10.2. The minimum absolute atomic E-state index is 0.0902. The van der Waals surface area contributed by atoms with Crippen molar-refractivity contribution in [3.63, 3.8) is 0 Å². The van der Waals surface area contributed by atoms with Gasteiger partial charge in [-0.15, -0.1) is 0 Å². The lowest BCUT2D eigenvalue weighted by molar-refractivity contribution is 0.102. The van der Waals surface area contributed by atoms with Gasteiger partial charge in [0.15, 0.2) is 0 Å². The highest BCUT2D eigenvalue weighted by atomic mass is 32.2. The van der Waals surface area contributed by atoms with Gasteiger partial charge < -0.3 is 5.32 Å². The molecule has 0 heterocycles. The standard InChI is InChI=1S/C20H26N2O3S/c1-5-12-21-26(24,25)17-10-7-9-16(13-17)20(23)22-19-15(4)8-6-11-18(19)14(2)3/h6-11,13-14,21H,5,12H2,1-4H3,(H,22,23). The first-order chi connectivity index (χ1) is 12.3. The fourth-order valence-electron chi connectivity index (χ4n) is 2.65. The molecule has 1 amide bonds. The van der Waals surface area contributed by atoms with E-state index < -0.39 is 10.0 Å². The highest BCUT2D eigenvalue weighted by molar-refractivity contribution is 7.89. The Balaban J connectivity index is 2.31. The molecule has 2 aromatic carbocycles. The maximum atomic E-state index is 12.7. The molecule has 0 saturated heterocycles. The zero-order valence-corrected chi connectivity index (χ0v) is 16.5. The summed E-state index contributed by atoms with van der Waals surface area (Å²) in [6.07, 6.45) is 0.699. The van der Waals surface area contributed by atoms with E-state index in [4.69, 9.17) is 0 Å². The fraction of sp³-hybridized carbons (Fsp3) is 0.350. The maximum Gasteiger partial charge on any atom is 0.255 e. The van der Waals surface area contributed by atoms with E-state index >= 15 is 0 Å². The largest absolute Gasteiger partial charge is 0.321 e. The first kappa shape index (κ1) is 20.1. The molecule has 6 heteroatoms. The number of carbonyl (C=O) groups is 1. The average molecular weight is 375 g/mol. The molecule has 140 valence electrons. The summed E-state index contributed by atoms with van der Waals surface area (Å²) in [4.78, 5) is 12.8. The minimum atomic E-state index is -3.61. The van der Waals surface area contributed by atoms with Gasteiger partial charge >= 0.3 is 0 Å². The third-order valence-electron chi connectivity index (χ3n) is 4.11. The molecular formula is C20H26N2O3S. The zero-order chi connectivity index (χ0) is 19.3. The Labute approximate surface area is 155 Å². The summed E-state index contributed by atoms with van der Waals surface area (Å²) in [6.45, 7) is 8.33. The van der Waals surface area contributed by atoms with Gasteiger partial charge in [-0.2, -0.15) is 0 Å². The molecule has 2 N–H and O–H groups in total. The number of para-hydroxylation sites is 1. The summed E-state index contributed by atoms with van der Waals surface area (Å²) in [6, 6.07) is 12.0. The third kappa shape index (κ3) is 4.71. The van der Waals surface area contributed by atoms with E-state index in [1.54, 1.807) is 12.1 Å². The highest BCUT2D eigenvalue weighted by Crippen LogP contribution is 2.28. The SMILES string of the molecule is CCCNS(=O)(=O)c1cccc(C(=O)Nc2c(C)cccc2C(C)C)c1. The van der Waals surface area contributed by atoms with Crippen LogP contribution in [-0.2, 0) is 10.0 Å². The summed E-state index contributed by atoms with van der Waals surface area (Å²) < 4.78 is 27.1. The summed E-state index contributed by atoms with van der Waals surface area (Å²) >= 11 is 0. The van der Waals surface area contributed by atoms with E-state index in [2.05, 4.69) is 23.9 Å². The smallest absolute Gasteiger partial charge is 0.255 e. The molecule has 5 nitrogen and oxygen atoms in total. The van der Waals surface area contributed by atoms with Crippen LogP contribution in [0, 0.1) is 6.92 Å². The van der Waals surface area contributed by atoms with Crippen LogP contribution in [0.25, 0.3) is 0 Å². The van der Waals surface area contributed by atoms with E-state index in [0.717, 1.165) is 16.8 Å². The van der Waals surface area contributed by atoms with Crippen LogP contribution in [0.2, 0.25) is 0 Å². The van der Waals surface area contributed by atoms with Crippen molar-refractivity contribution in [3.8, 4) is 0 Å². The second-order valence-electron chi connectivity index (χ2n) is 6.57. The van der Waals surface area contributed by atoms with Crippen LogP contribution in [0.4, 0.5) is 5.69 Å². The average Bonchev–Trinajstić information content (AvgIpc) is 2.61. The second-order valence-corrected chi connectivity index (χ2v) is 8.34. The predicted octanol–water partition coefficient (Wildman–Crippen LogP) is 4.06. The van der Waals surface area contributed by atoms with Crippen molar-refractivity contribution in [2.24, 2.45) is 0 Å². The number of carbonyl (C=O) groups excluding carboxylic acids is 1. The summed E-state index contributed by atoms with van der Waals surface area (Å²) in [5.41, 5.74) is 3.11. The van der Waals surface area contributed by atoms with Crippen molar-refractivity contribution in [2.45, 2.75) is 44.9 Å². The highest BCUT2D eigenvalue weighted by Gasteiger charge is 2.17. The second kappa shape index (κ2) is 8.47. The predicted molar refractivity (Wildman–Crippen MR) is 105 cm³/mol. The van der Waals surface area contributed by atoms with Crippen molar-refractivity contribution in [2.75, 3.05) is 11.9 Å². The molecule has 26 heavy (non-hydrogen) atoms. The molecule has 0 saturated carbocycles. The number of benzene rings is 2. The van der Waals surface area contributed by atoms with E-state index in [1.165, 1.54) is 12.1 Å². The van der Waals surface area contributed by atoms with E-state index in [-0.39, 0.29) is 16.7 Å². The number of hydrogen-bond donors (Lipinski definition) is 2. The number of anilines is 1. The molecule has 0 radical (unpaired) electrons. The van der Waals surface area contributed by atoms with Gasteiger partial charge in [0.1, 0.15) is 0 Å². The molecule has 0 bridgehead atoms. The third-order valence-corrected chi connectivity index (χ3v) is 5.57. The van der Waals surface area contributed by atoms with Gasteiger partial charge in [0.2, 0.25) is 10.0 Å². The molecule has 0 aliphatic heterocycles. The minimum Gasteiger partial charge on any atom is -0.321 e. The molecule has 0 aliphatic carbocycles. The molecule has 0 fully saturated rings. The van der Waals surface area contributed by atoms with Crippen LogP contribution in [0.5, 0.6) is 0 Å². The number of amides is 1. The number of sulfonamides is 1. The van der Waals surface area contributed by atoms with Crippen LogP contribution in [0.15, 0.2) is 47.4 Å². The molecular weight excluding hydrogens is 348 g/mol. The Bertz CT molecular complexity index is 890. The normalized spacial score (nSPS) is 11.6. The van der Waals surface area contributed by atoms with E-state index in [0.29, 0.717) is 18.5 Å². The Morgan fingerprint density at radius 3 is 2.46 bits per heavy atom. The maximum absolute atomic E-state index is 12.7. The molecule has 0 aliphatic rings. The topological polar surface area (TPSA) is 75.3 Å². The van der Waals surface area contributed by atoms with Crippen LogP contribution in [-0.4, -0.2) is 20.9 Å². The van der Waals surface area contributed by atoms with Gasteiger partial charge in [-0.05, 0) is 48.6 Å². The summed E-state index contributed by atoms with van der Waals surface area (Å²) in [7, 11) is -3.61. The van der Waals surface area contributed by atoms with Gasteiger partial charge in [-0.1, -0.05) is 45.0 Å². The summed E-state index contributed by atoms with van der Waals surface area (Å²) in [5.74, 6) is -0.0658. The van der Waals surface area contributed by atoms with E-state index in [9.17, 15) is 13.2 Å². The van der Waals surface area contributed by atoms with Gasteiger partial charge in [-0.3, -0.25) is 4.79 Å². The van der Waals surface area contributed by atoms with Crippen molar-refractivity contribution < 1.29 is 13.2 Å². The molecule has 2 rings (SSSR count). The van der Waals surface area contributed by atoms with Crippen LogP contribution in [0.1, 0.15) is 54.6 Å². The number of hydrogen-bond acceptors (Lipinski definition) is 3. The van der Waals surface area contributed by atoms with E-state index in [1.807, 2.05) is 32.0 Å². The van der Waals surface area contributed by atoms with Crippen LogP contribution in [0.3, 0.4) is 0 Å². The lowest BCUT2D eigenvalue weighted by Gasteiger charge is -2.16. The molecule has 0 atom stereocenters. The van der Waals surface area contributed by atoms with Crippen molar-refractivity contribution in [1.82, 2.24) is 4.72 Å². The lowest BCUT2D eigenvalue weighted by Crippen LogP contribution is -2.25. The Morgan fingerprint density at radius 1 is 1.12 bits per heavy atom. The van der Waals surface area contributed by atoms with Gasteiger partial charge in [-0.25, -0.2) is 13.1 Å². The quantitative estimate of drug-likeness (QED) is 0.767. The van der Waals surface area contributed by atoms with Crippen molar-refractivity contribution in [3.05, 3.63) is 59.2 Å². The molecule has 0 aromatic heterocycles. The van der Waals surface area contributed by atoms with Crippen LogP contribution < -0.4 is 10.0 Å². The fourth-order valence-corrected chi connectivity index (χ4v) is 3.83. The number of nitrogens with one attached hydrogen (secondary N) is 2.